The third-order valence-corrected chi connectivity index (χ3v) is 5.16. The Bertz CT molecular complexity index is 918. The van der Waals surface area contributed by atoms with Crippen LogP contribution in [-0.2, 0) is 17.6 Å². The number of rotatable bonds is 7. The van der Waals surface area contributed by atoms with Crippen LogP contribution >= 0.6 is 34.5 Å². The van der Waals surface area contributed by atoms with Crippen LogP contribution in [0.3, 0.4) is 0 Å². The van der Waals surface area contributed by atoms with Crippen LogP contribution in [0.2, 0.25) is 10.0 Å². The Hall–Kier alpha value is -2.15. The van der Waals surface area contributed by atoms with Crippen molar-refractivity contribution in [3.63, 3.8) is 0 Å². The number of aryl methyl sites for hydroxylation is 2. The van der Waals surface area contributed by atoms with E-state index in [1.165, 1.54) is 16.9 Å². The number of nitrogens with zero attached hydrogens (tertiary/aromatic N) is 2. The van der Waals surface area contributed by atoms with E-state index in [2.05, 4.69) is 27.6 Å². The highest BCUT2D eigenvalue weighted by molar-refractivity contribution is 7.15. The van der Waals surface area contributed by atoms with E-state index in [1.807, 2.05) is 18.2 Å². The number of benzene rings is 2. The maximum absolute atomic E-state index is 12.3. The van der Waals surface area contributed by atoms with E-state index in [9.17, 15) is 4.79 Å². The summed E-state index contributed by atoms with van der Waals surface area (Å²) < 4.78 is 5.60. The molecule has 1 amide bonds. The first kappa shape index (κ1) is 19.6. The Kier molecular flexibility index (Phi) is 6.66. The number of carbonyl (C=O) groups is 1. The molecule has 1 atom stereocenters. The first-order valence-corrected chi connectivity index (χ1v) is 9.87. The molecule has 8 heteroatoms. The lowest BCUT2D eigenvalue weighted by molar-refractivity contribution is -0.122. The van der Waals surface area contributed by atoms with E-state index >= 15 is 0 Å². The van der Waals surface area contributed by atoms with E-state index in [0.717, 1.165) is 17.8 Å². The second-order valence-electron chi connectivity index (χ2n) is 5.81. The molecule has 0 spiro atoms. The number of aromatic nitrogens is 2. The van der Waals surface area contributed by atoms with Gasteiger partial charge < -0.3 is 4.74 Å². The van der Waals surface area contributed by atoms with Crippen LogP contribution in [-0.4, -0.2) is 22.2 Å². The molecule has 2 aromatic carbocycles. The zero-order valence-electron chi connectivity index (χ0n) is 14.5. The fraction of sp³-hybridized carbons (Fsp3) is 0.211. The molecular weight excluding hydrogens is 405 g/mol. The molecule has 27 heavy (non-hydrogen) atoms. The highest BCUT2D eigenvalue weighted by Gasteiger charge is 2.18. The molecule has 0 fully saturated rings. The molecule has 5 nitrogen and oxygen atoms in total. The average Bonchev–Trinajstić information content (AvgIpc) is 3.10. The molecule has 0 aliphatic carbocycles. The van der Waals surface area contributed by atoms with Gasteiger partial charge in [0.2, 0.25) is 5.13 Å². The molecule has 0 saturated heterocycles. The highest BCUT2D eigenvalue weighted by atomic mass is 35.5. The number of hydrogen-bond acceptors (Lipinski definition) is 5. The molecule has 1 N–H and O–H groups in total. The minimum Gasteiger partial charge on any atom is -0.479 e. The molecule has 0 aliphatic rings. The number of hydrogen-bond donors (Lipinski definition) is 1. The Labute approximate surface area is 171 Å². The van der Waals surface area contributed by atoms with E-state index in [4.69, 9.17) is 27.9 Å². The largest absolute Gasteiger partial charge is 0.479 e. The monoisotopic (exact) mass is 421 g/mol. The Morgan fingerprint density at radius 2 is 1.93 bits per heavy atom. The van der Waals surface area contributed by atoms with Gasteiger partial charge in [-0.1, -0.05) is 64.9 Å². The molecule has 140 valence electrons. The average molecular weight is 422 g/mol. The summed E-state index contributed by atoms with van der Waals surface area (Å²) >= 11 is 13.3. The van der Waals surface area contributed by atoms with Gasteiger partial charge in [-0.15, -0.1) is 10.2 Å². The quantitative estimate of drug-likeness (QED) is 0.580. The van der Waals surface area contributed by atoms with Crippen LogP contribution in [0, 0.1) is 0 Å². The second-order valence-corrected chi connectivity index (χ2v) is 7.72. The molecule has 0 radical (unpaired) electrons. The lowest BCUT2D eigenvalue weighted by Crippen LogP contribution is -2.30. The number of anilines is 1. The number of nitrogens with one attached hydrogen (secondary N) is 1. The van der Waals surface area contributed by atoms with Crippen molar-refractivity contribution in [2.24, 2.45) is 0 Å². The summed E-state index contributed by atoms with van der Waals surface area (Å²) in [6.07, 6.45) is 0.891. The standard InChI is InChI=1S/C19H17Cl2N3O2S/c1-12(26-16-9-8-14(20)11-15(16)21)18(25)22-19-24-23-17(27-19)10-7-13-5-3-2-4-6-13/h2-6,8-9,11-12H,7,10H2,1H3,(H,22,24,25). The fourth-order valence-corrected chi connectivity index (χ4v) is 3.52. The van der Waals surface area contributed by atoms with E-state index in [-0.39, 0.29) is 5.91 Å². The topological polar surface area (TPSA) is 64.1 Å². The lowest BCUT2D eigenvalue weighted by Gasteiger charge is -2.14. The summed E-state index contributed by atoms with van der Waals surface area (Å²) in [5.74, 6) is 0.0660. The molecule has 0 aliphatic heterocycles. The minimum atomic E-state index is -0.750. The van der Waals surface area contributed by atoms with E-state index in [1.54, 1.807) is 25.1 Å². The predicted molar refractivity (Wildman–Crippen MR) is 109 cm³/mol. The molecule has 3 aromatic rings. The van der Waals surface area contributed by atoms with Crippen molar-refractivity contribution < 1.29 is 9.53 Å². The lowest BCUT2D eigenvalue weighted by atomic mass is 10.1. The van der Waals surface area contributed by atoms with Crippen LogP contribution in [0.15, 0.2) is 48.5 Å². The van der Waals surface area contributed by atoms with Gasteiger partial charge in [-0.05, 0) is 37.1 Å². The number of halogens is 2. The summed E-state index contributed by atoms with van der Waals surface area (Å²) in [5, 5.41) is 13.0. The number of carbonyl (C=O) groups excluding carboxylic acids is 1. The predicted octanol–water partition coefficient (Wildman–Crippen LogP) is 5.04. The van der Waals surface area contributed by atoms with Crippen molar-refractivity contribution in [2.75, 3.05) is 5.32 Å². The minimum absolute atomic E-state index is 0.327. The van der Waals surface area contributed by atoms with E-state index < -0.39 is 6.10 Å². The SMILES string of the molecule is CC(Oc1ccc(Cl)cc1Cl)C(=O)Nc1nnc(CCc2ccccc2)s1. The van der Waals surface area contributed by atoms with Crippen molar-refractivity contribution in [1.29, 1.82) is 0 Å². The van der Waals surface area contributed by atoms with Gasteiger partial charge in [0.1, 0.15) is 10.8 Å². The highest BCUT2D eigenvalue weighted by Crippen LogP contribution is 2.28. The van der Waals surface area contributed by atoms with Crippen molar-refractivity contribution in [1.82, 2.24) is 10.2 Å². The third-order valence-electron chi connectivity index (χ3n) is 3.73. The van der Waals surface area contributed by atoms with Gasteiger partial charge in [-0.25, -0.2) is 0 Å². The van der Waals surface area contributed by atoms with Gasteiger partial charge in [0.15, 0.2) is 6.10 Å². The summed E-state index contributed by atoms with van der Waals surface area (Å²) in [7, 11) is 0. The van der Waals surface area contributed by atoms with Crippen molar-refractivity contribution >= 4 is 45.6 Å². The van der Waals surface area contributed by atoms with Gasteiger partial charge in [0, 0.05) is 11.4 Å². The van der Waals surface area contributed by atoms with Crippen LogP contribution in [0.25, 0.3) is 0 Å². The van der Waals surface area contributed by atoms with Crippen LogP contribution in [0.4, 0.5) is 5.13 Å². The van der Waals surface area contributed by atoms with Crippen LogP contribution in [0.5, 0.6) is 5.75 Å². The maximum Gasteiger partial charge on any atom is 0.266 e. The first-order chi connectivity index (χ1) is 13.0. The van der Waals surface area contributed by atoms with Gasteiger partial charge in [-0.3, -0.25) is 10.1 Å². The van der Waals surface area contributed by atoms with Gasteiger partial charge in [0.25, 0.3) is 5.91 Å². The molecule has 0 bridgehead atoms. The summed E-state index contributed by atoms with van der Waals surface area (Å²) in [6, 6.07) is 15.0. The summed E-state index contributed by atoms with van der Waals surface area (Å²) in [6.45, 7) is 1.64. The summed E-state index contributed by atoms with van der Waals surface area (Å²) in [4.78, 5) is 12.3. The van der Waals surface area contributed by atoms with Crippen molar-refractivity contribution in [3.05, 3.63) is 69.1 Å². The Morgan fingerprint density at radius 3 is 2.67 bits per heavy atom. The molecule has 1 aromatic heterocycles. The molecular formula is C19H17Cl2N3O2S. The van der Waals surface area contributed by atoms with Crippen molar-refractivity contribution in [3.8, 4) is 5.75 Å². The third kappa shape index (κ3) is 5.66. The van der Waals surface area contributed by atoms with Crippen molar-refractivity contribution in [2.45, 2.75) is 25.9 Å². The fourth-order valence-electron chi connectivity index (χ4n) is 2.32. The molecule has 3 rings (SSSR count). The van der Waals surface area contributed by atoms with Gasteiger partial charge in [0.05, 0.1) is 5.02 Å². The normalized spacial score (nSPS) is 11.8. The molecule has 1 unspecified atom stereocenters. The Balaban J connectivity index is 1.53. The maximum atomic E-state index is 12.3. The van der Waals surface area contributed by atoms with Gasteiger partial charge >= 0.3 is 0 Å². The first-order valence-electron chi connectivity index (χ1n) is 8.30. The second kappa shape index (κ2) is 9.17. The number of ether oxygens (including phenoxy) is 1. The van der Waals surface area contributed by atoms with Gasteiger partial charge in [-0.2, -0.15) is 0 Å². The molecule has 1 heterocycles. The van der Waals surface area contributed by atoms with Crippen LogP contribution < -0.4 is 10.1 Å². The smallest absolute Gasteiger partial charge is 0.266 e. The zero-order chi connectivity index (χ0) is 19.2. The zero-order valence-corrected chi connectivity index (χ0v) is 16.8. The number of amides is 1. The molecule has 0 saturated carbocycles. The Morgan fingerprint density at radius 1 is 1.15 bits per heavy atom. The summed E-state index contributed by atoms with van der Waals surface area (Å²) in [5.41, 5.74) is 1.24. The van der Waals surface area contributed by atoms with E-state index in [0.29, 0.717) is 20.9 Å². The van der Waals surface area contributed by atoms with Crippen LogP contribution in [0.1, 0.15) is 17.5 Å².